The second-order valence-electron chi connectivity index (χ2n) is 4.59. The molecule has 0 aromatic heterocycles. The van der Waals surface area contributed by atoms with Gasteiger partial charge in [0, 0.05) is 0 Å². The third-order valence-electron chi connectivity index (χ3n) is 3.00. The maximum absolute atomic E-state index is 11.7. The molecule has 1 aliphatic heterocycles. The summed E-state index contributed by atoms with van der Waals surface area (Å²) in [6.45, 7) is 7.82. The summed E-state index contributed by atoms with van der Waals surface area (Å²) >= 11 is 0. The molecule has 1 N–H and O–H groups in total. The van der Waals surface area contributed by atoms with Crippen molar-refractivity contribution < 1.29 is 9.53 Å². The van der Waals surface area contributed by atoms with Crippen LogP contribution in [0.2, 0.25) is 0 Å². The molecule has 1 fully saturated rings. The van der Waals surface area contributed by atoms with Crippen LogP contribution >= 0.6 is 0 Å². The van der Waals surface area contributed by atoms with E-state index in [4.69, 9.17) is 4.74 Å². The van der Waals surface area contributed by atoms with Gasteiger partial charge in [0.05, 0.1) is 5.41 Å². The summed E-state index contributed by atoms with van der Waals surface area (Å²) in [5, 5.41) is 3.25. The SMILES string of the molecule is C.CCC(C)(C)C(=O)OC1CCNCC1. The van der Waals surface area contributed by atoms with Gasteiger partial charge in [0.15, 0.2) is 0 Å². The van der Waals surface area contributed by atoms with Crippen LogP contribution in [0.5, 0.6) is 0 Å². The van der Waals surface area contributed by atoms with Crippen LogP contribution in [0.4, 0.5) is 0 Å². The molecule has 1 heterocycles. The number of hydrogen-bond acceptors (Lipinski definition) is 3. The van der Waals surface area contributed by atoms with E-state index in [9.17, 15) is 4.79 Å². The Labute approximate surface area is 93.6 Å². The normalized spacial score (nSPS) is 18.1. The smallest absolute Gasteiger partial charge is 0.311 e. The minimum atomic E-state index is -0.328. The van der Waals surface area contributed by atoms with Crippen molar-refractivity contribution in [2.45, 2.75) is 53.6 Å². The highest BCUT2D eigenvalue weighted by atomic mass is 16.5. The number of esters is 1. The lowest BCUT2D eigenvalue weighted by Gasteiger charge is -2.27. The van der Waals surface area contributed by atoms with Crippen LogP contribution in [0.3, 0.4) is 0 Å². The fourth-order valence-electron chi connectivity index (χ4n) is 1.37. The lowest BCUT2D eigenvalue weighted by atomic mass is 9.90. The van der Waals surface area contributed by atoms with Crippen LogP contribution in [0.25, 0.3) is 0 Å². The molecule has 0 aromatic rings. The number of carbonyl (C=O) groups is 1. The molecule has 1 rings (SSSR count). The number of hydrogen-bond donors (Lipinski definition) is 1. The molecule has 0 saturated carbocycles. The molecular formula is C12H25NO2. The van der Waals surface area contributed by atoms with Crippen molar-refractivity contribution in [2.75, 3.05) is 13.1 Å². The number of ether oxygens (including phenoxy) is 1. The highest BCUT2D eigenvalue weighted by Gasteiger charge is 2.29. The fourth-order valence-corrected chi connectivity index (χ4v) is 1.37. The van der Waals surface area contributed by atoms with Gasteiger partial charge in [0.1, 0.15) is 6.10 Å². The number of rotatable bonds is 3. The number of carbonyl (C=O) groups excluding carboxylic acids is 1. The molecule has 1 saturated heterocycles. The summed E-state index contributed by atoms with van der Waals surface area (Å²) in [5.41, 5.74) is -0.328. The average molecular weight is 215 g/mol. The molecule has 0 aromatic carbocycles. The molecule has 0 atom stereocenters. The van der Waals surface area contributed by atoms with Gasteiger partial charge in [-0.05, 0) is 46.2 Å². The molecule has 15 heavy (non-hydrogen) atoms. The first-order chi connectivity index (χ1) is 6.56. The van der Waals surface area contributed by atoms with Crippen molar-refractivity contribution >= 4 is 5.97 Å². The van der Waals surface area contributed by atoms with Gasteiger partial charge in [-0.1, -0.05) is 14.4 Å². The standard InChI is InChI=1S/C11H21NO2.CH4/c1-4-11(2,3)10(13)14-9-5-7-12-8-6-9;/h9,12H,4-8H2,1-3H3;1H4. The Morgan fingerprint density at radius 2 is 1.93 bits per heavy atom. The van der Waals surface area contributed by atoms with Gasteiger partial charge in [-0.15, -0.1) is 0 Å². The molecule has 0 radical (unpaired) electrons. The third-order valence-corrected chi connectivity index (χ3v) is 3.00. The van der Waals surface area contributed by atoms with E-state index in [1.165, 1.54) is 0 Å². The zero-order valence-electron chi connectivity index (χ0n) is 9.43. The largest absolute Gasteiger partial charge is 0.462 e. The van der Waals surface area contributed by atoms with Crippen molar-refractivity contribution in [1.29, 1.82) is 0 Å². The fraction of sp³-hybridized carbons (Fsp3) is 0.917. The molecule has 0 aliphatic carbocycles. The number of piperidine rings is 1. The minimum absolute atomic E-state index is 0. The summed E-state index contributed by atoms with van der Waals surface area (Å²) < 4.78 is 5.47. The van der Waals surface area contributed by atoms with Crippen molar-refractivity contribution in [1.82, 2.24) is 5.32 Å². The van der Waals surface area contributed by atoms with Gasteiger partial charge in [-0.3, -0.25) is 4.79 Å². The predicted molar refractivity (Wildman–Crippen MR) is 62.8 cm³/mol. The first-order valence-corrected chi connectivity index (χ1v) is 5.48. The highest BCUT2D eigenvalue weighted by molar-refractivity contribution is 5.75. The van der Waals surface area contributed by atoms with E-state index in [0.29, 0.717) is 0 Å². The Bertz CT molecular complexity index is 196. The molecule has 3 nitrogen and oxygen atoms in total. The maximum Gasteiger partial charge on any atom is 0.311 e. The molecule has 3 heteroatoms. The van der Waals surface area contributed by atoms with Gasteiger partial charge in [0.25, 0.3) is 0 Å². The van der Waals surface area contributed by atoms with Crippen molar-refractivity contribution in [3.05, 3.63) is 0 Å². The zero-order chi connectivity index (χ0) is 10.6. The summed E-state index contributed by atoms with van der Waals surface area (Å²) in [5.74, 6) is -0.0492. The van der Waals surface area contributed by atoms with Crippen molar-refractivity contribution in [2.24, 2.45) is 5.41 Å². The lowest BCUT2D eigenvalue weighted by molar-refractivity contribution is -0.160. The predicted octanol–water partition coefficient (Wildman–Crippen LogP) is 2.35. The average Bonchev–Trinajstić information content (AvgIpc) is 2.19. The Morgan fingerprint density at radius 3 is 2.40 bits per heavy atom. The van der Waals surface area contributed by atoms with E-state index in [0.717, 1.165) is 32.4 Å². The van der Waals surface area contributed by atoms with E-state index in [1.54, 1.807) is 0 Å². The quantitative estimate of drug-likeness (QED) is 0.734. The third kappa shape index (κ3) is 4.20. The Morgan fingerprint density at radius 1 is 1.40 bits per heavy atom. The molecule has 0 unspecified atom stereocenters. The van der Waals surface area contributed by atoms with Crippen molar-refractivity contribution in [3.8, 4) is 0 Å². The van der Waals surface area contributed by atoms with E-state index < -0.39 is 0 Å². The van der Waals surface area contributed by atoms with Crippen LogP contribution in [0.15, 0.2) is 0 Å². The second-order valence-corrected chi connectivity index (χ2v) is 4.59. The van der Waals surface area contributed by atoms with Gasteiger partial charge < -0.3 is 10.1 Å². The monoisotopic (exact) mass is 215 g/mol. The summed E-state index contributed by atoms with van der Waals surface area (Å²) in [4.78, 5) is 11.7. The van der Waals surface area contributed by atoms with Crippen LogP contribution in [0.1, 0.15) is 47.5 Å². The Kier molecular flexibility index (Phi) is 5.88. The Balaban J connectivity index is 0.00000196. The van der Waals surface area contributed by atoms with Gasteiger partial charge in [0.2, 0.25) is 0 Å². The molecule has 1 aliphatic rings. The van der Waals surface area contributed by atoms with Gasteiger partial charge >= 0.3 is 5.97 Å². The van der Waals surface area contributed by atoms with Crippen LogP contribution in [-0.4, -0.2) is 25.2 Å². The van der Waals surface area contributed by atoms with Crippen LogP contribution < -0.4 is 5.32 Å². The van der Waals surface area contributed by atoms with Crippen LogP contribution in [-0.2, 0) is 9.53 Å². The highest BCUT2D eigenvalue weighted by Crippen LogP contribution is 2.23. The van der Waals surface area contributed by atoms with E-state index in [1.807, 2.05) is 20.8 Å². The summed E-state index contributed by atoms with van der Waals surface area (Å²) in [7, 11) is 0. The van der Waals surface area contributed by atoms with Gasteiger partial charge in [-0.25, -0.2) is 0 Å². The van der Waals surface area contributed by atoms with Crippen molar-refractivity contribution in [3.63, 3.8) is 0 Å². The topological polar surface area (TPSA) is 38.3 Å². The zero-order valence-corrected chi connectivity index (χ0v) is 9.43. The van der Waals surface area contributed by atoms with Crippen LogP contribution in [0, 0.1) is 5.41 Å². The number of nitrogens with one attached hydrogen (secondary N) is 1. The molecule has 0 spiro atoms. The first-order valence-electron chi connectivity index (χ1n) is 5.48. The van der Waals surface area contributed by atoms with E-state index in [2.05, 4.69) is 5.32 Å². The second kappa shape index (κ2) is 6.11. The summed E-state index contributed by atoms with van der Waals surface area (Å²) in [6.07, 6.45) is 2.86. The molecule has 90 valence electrons. The first kappa shape index (κ1) is 14.4. The molecule has 0 bridgehead atoms. The molecular weight excluding hydrogens is 190 g/mol. The summed E-state index contributed by atoms with van der Waals surface area (Å²) in [6, 6.07) is 0. The minimum Gasteiger partial charge on any atom is -0.462 e. The lowest BCUT2D eigenvalue weighted by Crippen LogP contribution is -2.37. The van der Waals surface area contributed by atoms with E-state index >= 15 is 0 Å². The molecule has 0 amide bonds. The van der Waals surface area contributed by atoms with Gasteiger partial charge in [-0.2, -0.15) is 0 Å². The van der Waals surface area contributed by atoms with E-state index in [-0.39, 0.29) is 24.9 Å². The maximum atomic E-state index is 11.7. The Hall–Kier alpha value is -0.570.